The minimum Gasteiger partial charge on any atom is -0.469 e. The van der Waals surface area contributed by atoms with Crippen molar-refractivity contribution >= 4 is 21.9 Å². The summed E-state index contributed by atoms with van der Waals surface area (Å²) in [5, 5.41) is 3.30. The number of hydrogen-bond acceptors (Lipinski definition) is 3. The molecule has 0 spiro atoms. The largest absolute Gasteiger partial charge is 0.469 e. The van der Waals surface area contributed by atoms with E-state index in [1.165, 1.54) is 12.7 Å². The molecule has 1 saturated heterocycles. The molecule has 3 nitrogen and oxygen atoms in total. The highest BCUT2D eigenvalue weighted by molar-refractivity contribution is 9.10. The Hall–Kier alpha value is -0.870. The molecule has 2 atom stereocenters. The van der Waals surface area contributed by atoms with E-state index >= 15 is 0 Å². The zero-order chi connectivity index (χ0) is 13.2. The maximum atomic E-state index is 11.8. The molecule has 98 valence electrons. The van der Waals surface area contributed by atoms with E-state index in [9.17, 15) is 4.79 Å². The molecule has 1 aliphatic rings. The van der Waals surface area contributed by atoms with Crippen LogP contribution in [-0.2, 0) is 16.0 Å². The highest BCUT2D eigenvalue weighted by Crippen LogP contribution is 2.35. The monoisotopic (exact) mass is 311 g/mol. The molecule has 1 N–H and O–H groups in total. The molecule has 1 aromatic carbocycles. The van der Waals surface area contributed by atoms with Crippen LogP contribution in [0.1, 0.15) is 12.5 Å². The number of esters is 1. The zero-order valence-electron chi connectivity index (χ0n) is 10.7. The zero-order valence-corrected chi connectivity index (χ0v) is 12.3. The molecule has 1 fully saturated rings. The number of carbonyl (C=O) groups excluding carboxylic acids is 1. The summed E-state index contributed by atoms with van der Waals surface area (Å²) < 4.78 is 5.97. The molecule has 1 aromatic rings. The Morgan fingerprint density at radius 3 is 2.78 bits per heavy atom. The van der Waals surface area contributed by atoms with Gasteiger partial charge in [-0.25, -0.2) is 0 Å². The van der Waals surface area contributed by atoms with E-state index in [1.807, 2.05) is 12.1 Å². The quantitative estimate of drug-likeness (QED) is 0.871. The van der Waals surface area contributed by atoms with Gasteiger partial charge in [-0.15, -0.1) is 0 Å². The Morgan fingerprint density at radius 1 is 1.50 bits per heavy atom. The van der Waals surface area contributed by atoms with Crippen molar-refractivity contribution in [3.8, 4) is 0 Å². The fourth-order valence-corrected chi connectivity index (χ4v) is 2.90. The summed E-state index contributed by atoms with van der Waals surface area (Å²) in [5.41, 5.74) is 1.18. The van der Waals surface area contributed by atoms with Crippen molar-refractivity contribution in [2.45, 2.75) is 13.3 Å². The van der Waals surface area contributed by atoms with E-state index in [2.05, 4.69) is 40.3 Å². The Morgan fingerprint density at radius 2 is 2.17 bits per heavy atom. The van der Waals surface area contributed by atoms with Crippen LogP contribution in [0.15, 0.2) is 28.7 Å². The summed E-state index contributed by atoms with van der Waals surface area (Å²) in [6.45, 7) is 3.71. The van der Waals surface area contributed by atoms with Crippen LogP contribution >= 0.6 is 15.9 Å². The van der Waals surface area contributed by atoms with Crippen LogP contribution in [0.4, 0.5) is 0 Å². The molecule has 2 unspecified atom stereocenters. The van der Waals surface area contributed by atoms with Gasteiger partial charge < -0.3 is 10.1 Å². The Kier molecular flexibility index (Phi) is 4.07. The highest BCUT2D eigenvalue weighted by Gasteiger charge is 2.43. The van der Waals surface area contributed by atoms with Gasteiger partial charge in [0.05, 0.1) is 13.0 Å². The maximum absolute atomic E-state index is 11.8. The van der Waals surface area contributed by atoms with E-state index < -0.39 is 0 Å². The standard InChI is InChI=1S/C14H18BrNO2/c1-14(7-10-3-5-11(15)6-4-10)9-16-8-12(14)13(17)18-2/h3-6,12,16H,7-9H2,1-2H3. The number of ether oxygens (including phenoxy) is 1. The van der Waals surface area contributed by atoms with Gasteiger partial charge in [0, 0.05) is 17.6 Å². The second-order valence-electron chi connectivity index (χ2n) is 5.16. The summed E-state index contributed by atoms with van der Waals surface area (Å²) in [6.07, 6.45) is 0.882. The first-order valence-corrected chi connectivity index (χ1v) is 6.87. The maximum Gasteiger partial charge on any atom is 0.310 e. The summed E-state index contributed by atoms with van der Waals surface area (Å²) in [4.78, 5) is 11.8. The van der Waals surface area contributed by atoms with Crippen LogP contribution in [-0.4, -0.2) is 26.2 Å². The number of methoxy groups -OCH3 is 1. The molecule has 2 rings (SSSR count). The van der Waals surface area contributed by atoms with Crippen molar-refractivity contribution in [1.82, 2.24) is 5.32 Å². The van der Waals surface area contributed by atoms with E-state index in [4.69, 9.17) is 4.74 Å². The third-order valence-corrected chi connectivity index (χ3v) is 4.25. The van der Waals surface area contributed by atoms with Gasteiger partial charge >= 0.3 is 5.97 Å². The van der Waals surface area contributed by atoms with Crippen LogP contribution < -0.4 is 5.32 Å². The number of hydrogen-bond donors (Lipinski definition) is 1. The van der Waals surface area contributed by atoms with E-state index in [-0.39, 0.29) is 17.3 Å². The van der Waals surface area contributed by atoms with Crippen molar-refractivity contribution in [1.29, 1.82) is 0 Å². The molecule has 4 heteroatoms. The number of nitrogens with one attached hydrogen (secondary N) is 1. The second-order valence-corrected chi connectivity index (χ2v) is 6.08. The smallest absolute Gasteiger partial charge is 0.310 e. The lowest BCUT2D eigenvalue weighted by Crippen LogP contribution is -2.35. The first-order chi connectivity index (χ1) is 8.55. The lowest BCUT2D eigenvalue weighted by Gasteiger charge is -2.28. The SMILES string of the molecule is COC(=O)C1CNCC1(C)Cc1ccc(Br)cc1. The molecule has 18 heavy (non-hydrogen) atoms. The Balaban J connectivity index is 2.15. The molecule has 0 bridgehead atoms. The minimum absolute atomic E-state index is 0.0638. The van der Waals surface area contributed by atoms with Crippen LogP contribution in [0.3, 0.4) is 0 Å². The normalized spacial score (nSPS) is 27.2. The van der Waals surface area contributed by atoms with Gasteiger partial charge in [-0.05, 0) is 29.5 Å². The van der Waals surface area contributed by atoms with Gasteiger partial charge in [-0.3, -0.25) is 4.79 Å². The lowest BCUT2D eigenvalue weighted by molar-refractivity contribution is -0.148. The van der Waals surface area contributed by atoms with E-state index in [0.29, 0.717) is 6.54 Å². The molecule has 0 radical (unpaired) electrons. The first-order valence-electron chi connectivity index (χ1n) is 6.08. The van der Waals surface area contributed by atoms with E-state index in [0.717, 1.165) is 17.4 Å². The Bertz CT molecular complexity index is 432. The molecular weight excluding hydrogens is 294 g/mol. The average Bonchev–Trinajstić information content (AvgIpc) is 2.73. The third kappa shape index (κ3) is 2.75. The van der Waals surface area contributed by atoms with Crippen LogP contribution in [0.5, 0.6) is 0 Å². The highest BCUT2D eigenvalue weighted by atomic mass is 79.9. The Labute approximate surface area is 116 Å². The second kappa shape index (κ2) is 5.41. The summed E-state index contributed by atoms with van der Waals surface area (Å²) >= 11 is 3.43. The van der Waals surface area contributed by atoms with Gasteiger partial charge in [-0.1, -0.05) is 35.0 Å². The molecular formula is C14H18BrNO2. The third-order valence-electron chi connectivity index (χ3n) is 3.73. The molecule has 1 heterocycles. The van der Waals surface area contributed by atoms with Gasteiger partial charge in [0.15, 0.2) is 0 Å². The first kappa shape index (κ1) is 13.6. The predicted molar refractivity (Wildman–Crippen MR) is 74.3 cm³/mol. The van der Waals surface area contributed by atoms with Crippen molar-refractivity contribution in [3.05, 3.63) is 34.3 Å². The minimum atomic E-state index is -0.111. The van der Waals surface area contributed by atoms with Crippen molar-refractivity contribution in [2.75, 3.05) is 20.2 Å². The van der Waals surface area contributed by atoms with Crippen molar-refractivity contribution < 1.29 is 9.53 Å². The van der Waals surface area contributed by atoms with Gasteiger partial charge in [0.1, 0.15) is 0 Å². The van der Waals surface area contributed by atoms with Crippen molar-refractivity contribution in [3.63, 3.8) is 0 Å². The molecule has 0 amide bonds. The number of carbonyl (C=O) groups is 1. The number of halogens is 1. The van der Waals surface area contributed by atoms with Gasteiger partial charge in [0.25, 0.3) is 0 Å². The van der Waals surface area contributed by atoms with Crippen LogP contribution in [0.25, 0.3) is 0 Å². The summed E-state index contributed by atoms with van der Waals surface area (Å²) in [6, 6.07) is 8.27. The summed E-state index contributed by atoms with van der Waals surface area (Å²) in [5.74, 6) is -0.175. The summed E-state index contributed by atoms with van der Waals surface area (Å²) in [7, 11) is 1.46. The lowest BCUT2D eigenvalue weighted by atomic mass is 9.75. The van der Waals surface area contributed by atoms with Crippen molar-refractivity contribution in [2.24, 2.45) is 11.3 Å². The van der Waals surface area contributed by atoms with Gasteiger partial charge in [-0.2, -0.15) is 0 Å². The molecule has 0 aliphatic carbocycles. The topological polar surface area (TPSA) is 38.3 Å². The van der Waals surface area contributed by atoms with Crippen LogP contribution in [0, 0.1) is 11.3 Å². The van der Waals surface area contributed by atoms with Crippen LogP contribution in [0.2, 0.25) is 0 Å². The van der Waals surface area contributed by atoms with Gasteiger partial charge in [0.2, 0.25) is 0 Å². The molecule has 1 aliphatic heterocycles. The van der Waals surface area contributed by atoms with E-state index in [1.54, 1.807) is 0 Å². The average molecular weight is 312 g/mol. The molecule has 0 aromatic heterocycles. The number of rotatable bonds is 3. The predicted octanol–water partition coefficient (Wildman–Crippen LogP) is 2.39. The number of benzene rings is 1. The fourth-order valence-electron chi connectivity index (χ4n) is 2.64. The molecule has 0 saturated carbocycles. The fraction of sp³-hybridized carbons (Fsp3) is 0.500.